The smallest absolute Gasteiger partial charge is 0.339 e. The van der Waals surface area contributed by atoms with Gasteiger partial charge in [0.05, 0.1) is 7.11 Å². The third-order valence-corrected chi connectivity index (χ3v) is 5.04. The summed E-state index contributed by atoms with van der Waals surface area (Å²) in [5.74, 6) is 0.908. The number of carboxylic acids is 1. The van der Waals surface area contributed by atoms with Gasteiger partial charge in [0.1, 0.15) is 11.3 Å². The Kier molecular flexibility index (Phi) is 4.05. The standard InChI is InChI=1S/C17H21NO4/c1-22-15-8-11(3-5-13(15)17(20)21)9-18-16(19)14-7-10-2-4-12(14)6-10/h3,5,8,10,12,14H,2,4,6-7,9H2,1H3,(H,18,19)(H,20,21)/t10-,12-,14-/m0/s1. The summed E-state index contributed by atoms with van der Waals surface area (Å²) in [5, 5.41) is 12.0. The van der Waals surface area contributed by atoms with Gasteiger partial charge in [-0.05, 0) is 48.8 Å². The second-order valence-electron chi connectivity index (χ2n) is 6.34. The molecular weight excluding hydrogens is 282 g/mol. The Morgan fingerprint density at radius 3 is 2.73 bits per heavy atom. The van der Waals surface area contributed by atoms with Crippen LogP contribution in [0.15, 0.2) is 18.2 Å². The van der Waals surface area contributed by atoms with Crippen LogP contribution in [0.4, 0.5) is 0 Å². The fraction of sp³-hybridized carbons (Fsp3) is 0.529. The van der Waals surface area contributed by atoms with E-state index in [1.807, 2.05) is 0 Å². The minimum absolute atomic E-state index is 0.130. The molecule has 3 rings (SSSR count). The molecule has 0 saturated heterocycles. The zero-order valence-electron chi connectivity index (χ0n) is 12.7. The van der Waals surface area contributed by atoms with Crippen molar-refractivity contribution in [1.82, 2.24) is 5.32 Å². The van der Waals surface area contributed by atoms with Crippen molar-refractivity contribution in [1.29, 1.82) is 0 Å². The first-order valence-corrected chi connectivity index (χ1v) is 7.76. The molecule has 1 aromatic carbocycles. The molecule has 0 unspecified atom stereocenters. The molecule has 0 spiro atoms. The number of rotatable bonds is 5. The average Bonchev–Trinajstić information content (AvgIpc) is 3.15. The predicted octanol–water partition coefficient (Wildman–Crippen LogP) is 2.45. The first kappa shape index (κ1) is 14.9. The molecule has 2 fully saturated rings. The van der Waals surface area contributed by atoms with Gasteiger partial charge in [0.2, 0.25) is 5.91 Å². The zero-order chi connectivity index (χ0) is 15.7. The van der Waals surface area contributed by atoms with E-state index >= 15 is 0 Å². The lowest BCUT2D eigenvalue weighted by atomic mass is 9.88. The maximum atomic E-state index is 12.3. The zero-order valence-corrected chi connectivity index (χ0v) is 12.7. The van der Waals surface area contributed by atoms with Crippen molar-refractivity contribution in [2.24, 2.45) is 17.8 Å². The van der Waals surface area contributed by atoms with Gasteiger partial charge in [-0.2, -0.15) is 0 Å². The maximum absolute atomic E-state index is 12.3. The average molecular weight is 303 g/mol. The molecule has 0 radical (unpaired) electrons. The highest BCUT2D eigenvalue weighted by molar-refractivity contribution is 5.91. The predicted molar refractivity (Wildman–Crippen MR) is 80.7 cm³/mol. The SMILES string of the molecule is COc1cc(CNC(=O)[C@H]2C[C@H]3CC[C@H]2C3)ccc1C(=O)O. The number of carboxylic acid groups (broad SMARTS) is 1. The Morgan fingerprint density at radius 1 is 1.32 bits per heavy atom. The summed E-state index contributed by atoms with van der Waals surface area (Å²) < 4.78 is 5.10. The highest BCUT2D eigenvalue weighted by Crippen LogP contribution is 2.48. The Labute approximate surface area is 129 Å². The summed E-state index contributed by atoms with van der Waals surface area (Å²) in [5.41, 5.74) is 0.976. The number of aromatic carboxylic acids is 1. The van der Waals surface area contributed by atoms with Crippen LogP contribution in [0, 0.1) is 17.8 Å². The van der Waals surface area contributed by atoms with Gasteiger partial charge in [-0.1, -0.05) is 12.5 Å². The van der Waals surface area contributed by atoms with E-state index < -0.39 is 5.97 Å². The van der Waals surface area contributed by atoms with Gasteiger partial charge in [-0.3, -0.25) is 4.79 Å². The summed E-state index contributed by atoms with van der Waals surface area (Å²) >= 11 is 0. The summed E-state index contributed by atoms with van der Waals surface area (Å²) in [6.07, 6.45) is 4.70. The van der Waals surface area contributed by atoms with E-state index in [1.54, 1.807) is 12.1 Å². The number of nitrogens with one attached hydrogen (secondary N) is 1. The van der Waals surface area contributed by atoms with Crippen molar-refractivity contribution >= 4 is 11.9 Å². The van der Waals surface area contributed by atoms with Crippen LogP contribution >= 0.6 is 0 Å². The normalized spacial score (nSPS) is 26.0. The van der Waals surface area contributed by atoms with Crippen LogP contribution in [0.1, 0.15) is 41.6 Å². The van der Waals surface area contributed by atoms with E-state index in [1.165, 1.54) is 32.4 Å². The van der Waals surface area contributed by atoms with Crippen LogP contribution in [0.2, 0.25) is 0 Å². The van der Waals surface area contributed by atoms with Crippen molar-refractivity contribution in [2.45, 2.75) is 32.2 Å². The molecule has 2 aliphatic carbocycles. The second-order valence-corrected chi connectivity index (χ2v) is 6.34. The number of hydrogen-bond acceptors (Lipinski definition) is 3. The number of amides is 1. The van der Waals surface area contributed by atoms with Gasteiger partial charge < -0.3 is 15.2 Å². The summed E-state index contributed by atoms with van der Waals surface area (Å²) in [6, 6.07) is 4.90. The van der Waals surface area contributed by atoms with E-state index in [-0.39, 0.29) is 17.4 Å². The molecule has 0 heterocycles. The molecule has 2 N–H and O–H groups in total. The molecule has 1 amide bonds. The number of benzene rings is 1. The number of carbonyl (C=O) groups is 2. The van der Waals surface area contributed by atoms with Gasteiger partial charge in [-0.15, -0.1) is 0 Å². The number of fused-ring (bicyclic) bond motifs is 2. The van der Waals surface area contributed by atoms with Crippen molar-refractivity contribution in [3.63, 3.8) is 0 Å². The lowest BCUT2D eigenvalue weighted by Crippen LogP contribution is -2.33. The molecule has 3 atom stereocenters. The Balaban J connectivity index is 1.61. The summed E-state index contributed by atoms with van der Waals surface area (Å²) in [4.78, 5) is 23.4. The molecule has 1 aromatic rings. The van der Waals surface area contributed by atoms with Crippen molar-refractivity contribution in [2.75, 3.05) is 7.11 Å². The summed E-state index contributed by atoms with van der Waals surface area (Å²) in [7, 11) is 1.44. The quantitative estimate of drug-likeness (QED) is 0.876. The van der Waals surface area contributed by atoms with E-state index in [4.69, 9.17) is 9.84 Å². The fourth-order valence-corrected chi connectivity index (χ4v) is 3.91. The minimum atomic E-state index is -1.02. The molecule has 5 heteroatoms. The van der Waals surface area contributed by atoms with Crippen LogP contribution in [0.3, 0.4) is 0 Å². The van der Waals surface area contributed by atoms with E-state index in [0.29, 0.717) is 18.2 Å². The topological polar surface area (TPSA) is 75.6 Å². The molecule has 22 heavy (non-hydrogen) atoms. The molecule has 0 aliphatic heterocycles. The molecule has 2 saturated carbocycles. The summed E-state index contributed by atoms with van der Waals surface area (Å²) in [6.45, 7) is 0.406. The van der Waals surface area contributed by atoms with Crippen LogP contribution in [0.25, 0.3) is 0 Å². The van der Waals surface area contributed by atoms with Crippen molar-refractivity contribution < 1.29 is 19.4 Å². The molecule has 5 nitrogen and oxygen atoms in total. The van der Waals surface area contributed by atoms with Crippen LogP contribution in [-0.2, 0) is 11.3 Å². The van der Waals surface area contributed by atoms with Gasteiger partial charge in [0.25, 0.3) is 0 Å². The number of methoxy groups -OCH3 is 1. The van der Waals surface area contributed by atoms with Gasteiger partial charge in [0.15, 0.2) is 0 Å². The third-order valence-electron chi connectivity index (χ3n) is 5.04. The highest BCUT2D eigenvalue weighted by Gasteiger charge is 2.42. The first-order chi connectivity index (χ1) is 10.6. The maximum Gasteiger partial charge on any atom is 0.339 e. The van der Waals surface area contributed by atoms with Crippen LogP contribution in [0.5, 0.6) is 5.75 Å². The van der Waals surface area contributed by atoms with Gasteiger partial charge in [-0.25, -0.2) is 4.79 Å². The number of carbonyl (C=O) groups excluding carboxylic acids is 1. The van der Waals surface area contributed by atoms with E-state index in [2.05, 4.69) is 5.32 Å². The second kappa shape index (κ2) is 5.99. The molecular formula is C17H21NO4. The number of hydrogen-bond donors (Lipinski definition) is 2. The Hall–Kier alpha value is -2.04. The van der Waals surface area contributed by atoms with Gasteiger partial charge >= 0.3 is 5.97 Å². The van der Waals surface area contributed by atoms with Crippen LogP contribution < -0.4 is 10.1 Å². The molecule has 118 valence electrons. The van der Waals surface area contributed by atoms with Crippen molar-refractivity contribution in [3.8, 4) is 5.75 Å². The van der Waals surface area contributed by atoms with Crippen LogP contribution in [-0.4, -0.2) is 24.1 Å². The number of ether oxygens (including phenoxy) is 1. The minimum Gasteiger partial charge on any atom is -0.496 e. The van der Waals surface area contributed by atoms with Gasteiger partial charge in [0, 0.05) is 12.5 Å². The van der Waals surface area contributed by atoms with Crippen molar-refractivity contribution in [3.05, 3.63) is 29.3 Å². The molecule has 2 aliphatic rings. The van der Waals surface area contributed by atoms with E-state index in [0.717, 1.165) is 17.9 Å². The Bertz CT molecular complexity index is 598. The fourth-order valence-electron chi connectivity index (χ4n) is 3.91. The lowest BCUT2D eigenvalue weighted by molar-refractivity contribution is -0.126. The Morgan fingerprint density at radius 2 is 2.14 bits per heavy atom. The van der Waals surface area contributed by atoms with E-state index in [9.17, 15) is 9.59 Å². The first-order valence-electron chi connectivity index (χ1n) is 7.76. The lowest BCUT2D eigenvalue weighted by Gasteiger charge is -2.20. The monoisotopic (exact) mass is 303 g/mol. The molecule has 0 aromatic heterocycles. The largest absolute Gasteiger partial charge is 0.496 e. The third kappa shape index (κ3) is 2.80. The highest BCUT2D eigenvalue weighted by atomic mass is 16.5. The molecule has 2 bridgehead atoms.